The maximum Gasteiger partial charge on any atom is 0.349 e. The summed E-state index contributed by atoms with van der Waals surface area (Å²) in [6, 6.07) is 19.9. The highest BCUT2D eigenvalue weighted by molar-refractivity contribution is 5.91. The Morgan fingerprint density at radius 2 is 1.86 bits per heavy atom. The van der Waals surface area contributed by atoms with Gasteiger partial charge < -0.3 is 15.2 Å². The number of nitrogens with two attached hydrogens (primary N) is 1. The minimum absolute atomic E-state index is 0.224. The van der Waals surface area contributed by atoms with Crippen LogP contribution < -0.4 is 20.9 Å². The fourth-order valence-electron chi connectivity index (χ4n) is 3.83. The second-order valence-electron chi connectivity index (χ2n) is 6.69. The fraction of sp³-hybridized carbons (Fsp3) is 0.0909. The van der Waals surface area contributed by atoms with Gasteiger partial charge in [0.2, 0.25) is 5.88 Å². The van der Waals surface area contributed by atoms with Crippen molar-refractivity contribution in [3.05, 3.63) is 87.8 Å². The molecule has 3 aromatic carbocycles. The summed E-state index contributed by atoms with van der Waals surface area (Å²) in [7, 11) is 1.63. The monoisotopic (exact) mass is 371 g/mol. The van der Waals surface area contributed by atoms with Gasteiger partial charge in [0.15, 0.2) is 0 Å². The Morgan fingerprint density at radius 1 is 1.07 bits per heavy atom. The third-order valence-electron chi connectivity index (χ3n) is 5.12. The zero-order chi connectivity index (χ0) is 19.3. The number of H-pyrrole nitrogens is 1. The van der Waals surface area contributed by atoms with E-state index in [1.807, 2.05) is 54.6 Å². The van der Waals surface area contributed by atoms with Crippen molar-refractivity contribution < 1.29 is 9.47 Å². The maximum absolute atomic E-state index is 11.9. The molecule has 0 aliphatic carbocycles. The van der Waals surface area contributed by atoms with Crippen LogP contribution >= 0.6 is 0 Å². The third kappa shape index (κ3) is 2.42. The number of benzene rings is 3. The minimum atomic E-state index is -0.534. The van der Waals surface area contributed by atoms with Crippen LogP contribution in [-0.4, -0.2) is 17.1 Å². The van der Waals surface area contributed by atoms with Crippen LogP contribution in [0.1, 0.15) is 22.6 Å². The third-order valence-corrected chi connectivity index (χ3v) is 5.12. The van der Waals surface area contributed by atoms with Crippen molar-refractivity contribution in [3.63, 3.8) is 0 Å². The molecule has 0 radical (unpaired) electrons. The Hall–Kier alpha value is -3.80. The molecule has 3 N–H and O–H groups in total. The van der Waals surface area contributed by atoms with E-state index in [2.05, 4.69) is 16.0 Å². The number of aromatic amines is 1. The van der Waals surface area contributed by atoms with E-state index in [1.165, 1.54) is 0 Å². The van der Waals surface area contributed by atoms with Crippen LogP contribution in [0.2, 0.25) is 0 Å². The number of hydrogen-bond donors (Lipinski definition) is 2. The summed E-state index contributed by atoms with van der Waals surface area (Å²) in [6.07, 6.45) is 0. The van der Waals surface area contributed by atoms with Gasteiger partial charge in [-0.1, -0.05) is 48.5 Å². The second kappa shape index (κ2) is 6.13. The van der Waals surface area contributed by atoms with Crippen LogP contribution in [0, 0.1) is 0 Å². The van der Waals surface area contributed by atoms with E-state index in [9.17, 15) is 4.79 Å². The number of hydrogen-bond acceptors (Lipinski definition) is 5. The number of fused-ring (bicyclic) bond motifs is 4. The molecule has 1 aliphatic heterocycles. The zero-order valence-electron chi connectivity index (χ0n) is 15.1. The lowest BCUT2D eigenvalue weighted by Gasteiger charge is -2.29. The molecule has 1 aliphatic rings. The highest BCUT2D eigenvalue weighted by atomic mass is 16.5. The summed E-state index contributed by atoms with van der Waals surface area (Å²) in [5, 5.41) is 2.01. The lowest BCUT2D eigenvalue weighted by Crippen LogP contribution is -2.22. The molecule has 1 unspecified atom stereocenters. The van der Waals surface area contributed by atoms with Crippen molar-refractivity contribution >= 4 is 16.6 Å². The first-order valence-corrected chi connectivity index (χ1v) is 8.89. The summed E-state index contributed by atoms with van der Waals surface area (Å²) < 4.78 is 11.4. The normalized spacial score (nSPS) is 14.8. The van der Waals surface area contributed by atoms with Crippen LogP contribution in [-0.2, 0) is 0 Å². The van der Waals surface area contributed by atoms with E-state index in [0.717, 1.165) is 27.6 Å². The molecule has 28 heavy (non-hydrogen) atoms. The Labute approximate surface area is 160 Å². The number of nitrogen functional groups attached to an aromatic ring is 1. The molecule has 0 saturated heterocycles. The second-order valence-corrected chi connectivity index (χ2v) is 6.69. The van der Waals surface area contributed by atoms with E-state index in [1.54, 1.807) is 7.11 Å². The van der Waals surface area contributed by atoms with Gasteiger partial charge in [0, 0.05) is 16.9 Å². The fourth-order valence-corrected chi connectivity index (χ4v) is 3.83. The number of anilines is 1. The smallest absolute Gasteiger partial charge is 0.349 e. The van der Waals surface area contributed by atoms with E-state index in [4.69, 9.17) is 15.2 Å². The largest absolute Gasteiger partial charge is 0.497 e. The predicted octanol–water partition coefficient (Wildman–Crippen LogP) is 3.80. The Balaban J connectivity index is 1.82. The molecule has 0 saturated carbocycles. The van der Waals surface area contributed by atoms with E-state index in [0.29, 0.717) is 11.3 Å². The van der Waals surface area contributed by atoms with Gasteiger partial charge >= 0.3 is 5.69 Å². The van der Waals surface area contributed by atoms with Crippen molar-refractivity contribution in [2.24, 2.45) is 0 Å². The van der Waals surface area contributed by atoms with Crippen molar-refractivity contribution in [1.29, 1.82) is 0 Å². The molecule has 5 rings (SSSR count). The molecule has 1 aromatic heterocycles. The lowest BCUT2D eigenvalue weighted by atomic mass is 9.82. The SMILES string of the molecule is COc1ccc(C2c3ccc4ccccc4c3Oc3nc(=O)[nH]c(N)c32)cc1. The molecular formula is C22H17N3O3. The average Bonchev–Trinajstić information content (AvgIpc) is 2.72. The molecule has 0 amide bonds. The summed E-state index contributed by atoms with van der Waals surface area (Å²) in [5.41, 5.74) is 8.29. The molecule has 6 nitrogen and oxygen atoms in total. The van der Waals surface area contributed by atoms with Gasteiger partial charge in [-0.15, -0.1) is 0 Å². The van der Waals surface area contributed by atoms with Crippen LogP contribution in [0.4, 0.5) is 5.82 Å². The number of nitrogens with zero attached hydrogens (tertiary/aromatic N) is 1. The first-order chi connectivity index (χ1) is 13.7. The first-order valence-electron chi connectivity index (χ1n) is 8.89. The van der Waals surface area contributed by atoms with Crippen molar-refractivity contribution in [1.82, 2.24) is 9.97 Å². The molecular weight excluding hydrogens is 354 g/mol. The number of aromatic nitrogens is 2. The van der Waals surface area contributed by atoms with Gasteiger partial charge in [0.05, 0.1) is 12.7 Å². The zero-order valence-corrected chi connectivity index (χ0v) is 15.1. The highest BCUT2D eigenvalue weighted by Crippen LogP contribution is 2.50. The van der Waals surface area contributed by atoms with E-state index in [-0.39, 0.29) is 17.6 Å². The van der Waals surface area contributed by atoms with Gasteiger partial charge in [0.25, 0.3) is 0 Å². The maximum atomic E-state index is 11.9. The van der Waals surface area contributed by atoms with Crippen molar-refractivity contribution in [2.45, 2.75) is 5.92 Å². The van der Waals surface area contributed by atoms with E-state index >= 15 is 0 Å². The van der Waals surface area contributed by atoms with Crippen molar-refractivity contribution in [2.75, 3.05) is 12.8 Å². The van der Waals surface area contributed by atoms with Crippen LogP contribution in [0.5, 0.6) is 17.4 Å². The van der Waals surface area contributed by atoms with Gasteiger partial charge in [-0.3, -0.25) is 4.98 Å². The van der Waals surface area contributed by atoms with Gasteiger partial charge in [0.1, 0.15) is 17.3 Å². The van der Waals surface area contributed by atoms with Crippen LogP contribution in [0.25, 0.3) is 10.8 Å². The Morgan fingerprint density at radius 3 is 2.64 bits per heavy atom. The van der Waals surface area contributed by atoms with E-state index < -0.39 is 5.69 Å². The Kier molecular flexibility index (Phi) is 3.58. The van der Waals surface area contributed by atoms with Gasteiger partial charge in [-0.2, -0.15) is 4.98 Å². The molecule has 4 aromatic rings. The molecule has 0 spiro atoms. The molecule has 2 heterocycles. The first kappa shape index (κ1) is 16.4. The summed E-state index contributed by atoms with van der Waals surface area (Å²) in [5.74, 6) is 1.74. The summed E-state index contributed by atoms with van der Waals surface area (Å²) in [4.78, 5) is 18.6. The Bertz CT molecular complexity index is 1260. The quantitative estimate of drug-likeness (QED) is 0.493. The number of rotatable bonds is 2. The molecule has 0 bridgehead atoms. The van der Waals surface area contributed by atoms with Gasteiger partial charge in [-0.25, -0.2) is 4.79 Å². The summed E-state index contributed by atoms with van der Waals surface area (Å²) in [6.45, 7) is 0. The lowest BCUT2D eigenvalue weighted by molar-refractivity contribution is 0.414. The molecule has 6 heteroatoms. The topological polar surface area (TPSA) is 90.2 Å². The average molecular weight is 371 g/mol. The number of nitrogens with one attached hydrogen (secondary N) is 1. The van der Waals surface area contributed by atoms with Crippen LogP contribution in [0.15, 0.2) is 65.5 Å². The summed E-state index contributed by atoms with van der Waals surface area (Å²) >= 11 is 0. The predicted molar refractivity (Wildman–Crippen MR) is 107 cm³/mol. The molecule has 0 fully saturated rings. The molecule has 138 valence electrons. The highest BCUT2D eigenvalue weighted by Gasteiger charge is 2.33. The number of methoxy groups -OCH3 is 1. The van der Waals surface area contributed by atoms with Gasteiger partial charge in [-0.05, 0) is 23.1 Å². The molecule has 1 atom stereocenters. The number of ether oxygens (including phenoxy) is 2. The standard InChI is InChI=1S/C22H17N3O3/c1-27-14-9-6-13(7-10-14)17-16-11-8-12-4-2-3-5-15(12)19(16)28-21-18(17)20(23)24-22(26)25-21/h2-11,17H,1H3,(H3,23,24,25,26). The minimum Gasteiger partial charge on any atom is -0.497 e. The van der Waals surface area contributed by atoms with Crippen LogP contribution in [0.3, 0.4) is 0 Å². The van der Waals surface area contributed by atoms with Crippen molar-refractivity contribution in [3.8, 4) is 17.4 Å².